The van der Waals surface area contributed by atoms with E-state index in [9.17, 15) is 0 Å². The first-order valence-corrected chi connectivity index (χ1v) is 6.27. The number of nitrogens with two attached hydrogens (primary N) is 1. The van der Waals surface area contributed by atoms with Crippen molar-refractivity contribution in [2.45, 2.75) is 66.9 Å². The molecule has 15 heavy (non-hydrogen) atoms. The van der Waals surface area contributed by atoms with Crippen molar-refractivity contribution in [3.8, 4) is 0 Å². The lowest BCUT2D eigenvalue weighted by Gasteiger charge is -2.39. The van der Waals surface area contributed by atoms with Crippen molar-refractivity contribution in [2.24, 2.45) is 23.1 Å². The molecule has 0 fully saturated rings. The molecule has 0 aliphatic heterocycles. The molecule has 0 saturated carbocycles. The van der Waals surface area contributed by atoms with Crippen LogP contribution in [0.2, 0.25) is 0 Å². The molecule has 3 atom stereocenters. The van der Waals surface area contributed by atoms with Crippen LogP contribution in [0.25, 0.3) is 0 Å². The van der Waals surface area contributed by atoms with Crippen LogP contribution in [0.4, 0.5) is 0 Å². The summed E-state index contributed by atoms with van der Waals surface area (Å²) < 4.78 is 0. The van der Waals surface area contributed by atoms with E-state index in [4.69, 9.17) is 10.7 Å². The van der Waals surface area contributed by atoms with Crippen molar-refractivity contribution in [3.05, 3.63) is 0 Å². The van der Waals surface area contributed by atoms with Crippen LogP contribution in [0.5, 0.6) is 0 Å². The van der Waals surface area contributed by atoms with Crippen molar-refractivity contribution in [2.75, 3.05) is 0 Å². The molecule has 0 aliphatic rings. The molecule has 3 unspecified atom stereocenters. The van der Waals surface area contributed by atoms with Gasteiger partial charge in [0.1, 0.15) is 0 Å². The van der Waals surface area contributed by atoms with Crippen LogP contribution < -0.4 is 5.90 Å². The monoisotopic (exact) mass is 215 g/mol. The predicted molar refractivity (Wildman–Crippen MR) is 66.4 cm³/mol. The van der Waals surface area contributed by atoms with Crippen molar-refractivity contribution in [3.63, 3.8) is 0 Å². The first-order chi connectivity index (χ1) is 6.92. The van der Waals surface area contributed by atoms with E-state index in [-0.39, 0.29) is 6.10 Å². The molecule has 0 aliphatic carbocycles. The summed E-state index contributed by atoms with van der Waals surface area (Å²) in [6, 6.07) is 0. The molecule has 2 heteroatoms. The minimum atomic E-state index is 0.208. The fourth-order valence-corrected chi connectivity index (χ4v) is 2.86. The maximum Gasteiger partial charge on any atom is 0.0815 e. The van der Waals surface area contributed by atoms with Crippen molar-refractivity contribution >= 4 is 0 Å². The van der Waals surface area contributed by atoms with E-state index < -0.39 is 0 Å². The zero-order chi connectivity index (χ0) is 12.1. The van der Waals surface area contributed by atoms with Crippen molar-refractivity contribution < 1.29 is 4.84 Å². The quantitative estimate of drug-likeness (QED) is 0.685. The normalized spacial score (nSPS) is 18.6. The SMILES string of the molecule is CCC(ON)C(CC)C(CC)C(C)(C)C. The highest BCUT2D eigenvalue weighted by molar-refractivity contribution is 4.83. The summed E-state index contributed by atoms with van der Waals surface area (Å²) in [7, 11) is 0. The minimum absolute atomic E-state index is 0.208. The minimum Gasteiger partial charge on any atom is -0.301 e. The van der Waals surface area contributed by atoms with E-state index >= 15 is 0 Å². The average molecular weight is 215 g/mol. The fraction of sp³-hybridized carbons (Fsp3) is 1.00. The van der Waals surface area contributed by atoms with Crippen LogP contribution in [0, 0.1) is 17.3 Å². The molecular formula is C13H29NO. The van der Waals surface area contributed by atoms with E-state index in [2.05, 4.69) is 41.5 Å². The zero-order valence-electron chi connectivity index (χ0n) is 11.3. The Kier molecular flexibility index (Phi) is 6.46. The first-order valence-electron chi connectivity index (χ1n) is 6.27. The molecular weight excluding hydrogens is 186 g/mol. The van der Waals surface area contributed by atoms with Gasteiger partial charge in [-0.05, 0) is 23.7 Å². The lowest BCUT2D eigenvalue weighted by atomic mass is 9.68. The van der Waals surface area contributed by atoms with Gasteiger partial charge in [0.15, 0.2) is 0 Å². The Labute approximate surface area is 95.5 Å². The van der Waals surface area contributed by atoms with Crippen LogP contribution in [0.1, 0.15) is 60.8 Å². The van der Waals surface area contributed by atoms with Gasteiger partial charge < -0.3 is 4.84 Å². The molecule has 0 bridgehead atoms. The summed E-state index contributed by atoms with van der Waals surface area (Å²) in [6.07, 6.45) is 3.55. The molecule has 0 aromatic carbocycles. The number of hydrogen-bond donors (Lipinski definition) is 1. The Morgan fingerprint density at radius 2 is 1.53 bits per heavy atom. The van der Waals surface area contributed by atoms with Crippen LogP contribution >= 0.6 is 0 Å². The summed E-state index contributed by atoms with van der Waals surface area (Å²) >= 11 is 0. The predicted octanol–water partition coefficient (Wildman–Crippen LogP) is 3.75. The van der Waals surface area contributed by atoms with Crippen LogP contribution in [-0.4, -0.2) is 6.10 Å². The third-order valence-electron chi connectivity index (χ3n) is 3.60. The Hall–Kier alpha value is -0.0800. The topological polar surface area (TPSA) is 35.2 Å². The highest BCUT2D eigenvalue weighted by atomic mass is 16.6. The molecule has 2 N–H and O–H groups in total. The highest BCUT2D eigenvalue weighted by Crippen LogP contribution is 2.39. The van der Waals surface area contributed by atoms with Crippen LogP contribution in [0.3, 0.4) is 0 Å². The Bertz CT molecular complexity index is 158. The van der Waals surface area contributed by atoms with Gasteiger partial charge >= 0.3 is 0 Å². The van der Waals surface area contributed by atoms with Crippen molar-refractivity contribution in [1.82, 2.24) is 0 Å². The summed E-state index contributed by atoms with van der Waals surface area (Å²) in [5.41, 5.74) is 0.335. The molecule has 2 nitrogen and oxygen atoms in total. The second kappa shape index (κ2) is 6.49. The summed E-state index contributed by atoms with van der Waals surface area (Å²) in [4.78, 5) is 5.13. The molecule has 0 radical (unpaired) electrons. The van der Waals surface area contributed by atoms with E-state index in [1.54, 1.807) is 0 Å². The molecule has 0 rings (SSSR count). The van der Waals surface area contributed by atoms with Crippen LogP contribution in [0.15, 0.2) is 0 Å². The van der Waals surface area contributed by atoms with Gasteiger partial charge in [-0.25, -0.2) is 5.90 Å². The van der Waals surface area contributed by atoms with Gasteiger partial charge in [-0.2, -0.15) is 0 Å². The lowest BCUT2D eigenvalue weighted by Crippen LogP contribution is -2.37. The third-order valence-corrected chi connectivity index (χ3v) is 3.60. The molecule has 0 spiro atoms. The van der Waals surface area contributed by atoms with E-state index in [0.717, 1.165) is 12.8 Å². The zero-order valence-corrected chi connectivity index (χ0v) is 11.3. The maximum atomic E-state index is 5.40. The second-order valence-corrected chi connectivity index (χ2v) is 5.54. The lowest BCUT2D eigenvalue weighted by molar-refractivity contribution is -0.0349. The molecule has 0 aromatic rings. The molecule has 0 saturated heterocycles. The third kappa shape index (κ3) is 4.12. The Morgan fingerprint density at radius 3 is 1.73 bits per heavy atom. The summed E-state index contributed by atoms with van der Waals surface area (Å²) in [5.74, 6) is 6.65. The summed E-state index contributed by atoms with van der Waals surface area (Å²) in [5, 5.41) is 0. The number of hydrogen-bond acceptors (Lipinski definition) is 2. The Morgan fingerprint density at radius 1 is 1.00 bits per heavy atom. The summed E-state index contributed by atoms with van der Waals surface area (Å²) in [6.45, 7) is 13.6. The highest BCUT2D eigenvalue weighted by Gasteiger charge is 2.34. The second-order valence-electron chi connectivity index (χ2n) is 5.54. The van der Waals surface area contributed by atoms with E-state index in [1.165, 1.54) is 6.42 Å². The standard InChI is InChI=1S/C13H29NO/c1-7-10(12(9-3)15-14)11(8-2)13(4,5)6/h10-12H,7-9,14H2,1-6H3. The largest absolute Gasteiger partial charge is 0.301 e. The molecule has 0 heterocycles. The van der Waals surface area contributed by atoms with Crippen molar-refractivity contribution in [1.29, 1.82) is 0 Å². The Balaban J connectivity index is 4.74. The first kappa shape index (κ1) is 14.9. The van der Waals surface area contributed by atoms with E-state index in [1.807, 2.05) is 0 Å². The van der Waals surface area contributed by atoms with Gasteiger partial charge in [0, 0.05) is 0 Å². The van der Waals surface area contributed by atoms with Gasteiger partial charge in [-0.15, -0.1) is 0 Å². The van der Waals surface area contributed by atoms with Gasteiger partial charge in [0.25, 0.3) is 0 Å². The smallest absolute Gasteiger partial charge is 0.0815 e. The number of rotatable bonds is 6. The molecule has 92 valence electrons. The molecule has 0 amide bonds. The molecule has 0 aromatic heterocycles. The van der Waals surface area contributed by atoms with Gasteiger partial charge in [0.2, 0.25) is 0 Å². The van der Waals surface area contributed by atoms with E-state index in [0.29, 0.717) is 17.3 Å². The fourth-order valence-electron chi connectivity index (χ4n) is 2.86. The van der Waals surface area contributed by atoms with Crippen LogP contribution in [-0.2, 0) is 4.84 Å². The van der Waals surface area contributed by atoms with Gasteiger partial charge in [-0.1, -0.05) is 54.4 Å². The van der Waals surface area contributed by atoms with Gasteiger partial charge in [-0.3, -0.25) is 0 Å². The average Bonchev–Trinajstić information content (AvgIpc) is 2.16. The maximum absolute atomic E-state index is 5.40. The van der Waals surface area contributed by atoms with Gasteiger partial charge in [0.05, 0.1) is 6.10 Å².